The summed E-state index contributed by atoms with van der Waals surface area (Å²) in [6.45, 7) is 3.31. The molecule has 0 aliphatic carbocycles. The van der Waals surface area contributed by atoms with E-state index < -0.39 is 28.7 Å². The Labute approximate surface area is 205 Å². The standard InChI is InChI=1S/C22H28Cl2N4O4S/c1-5-25-22(30)16(2)27(14-17-11-12-19(23)20(24)13-17)21(29)15-28(33(31,32)26(3)4)18-9-7-6-8-10-18/h6-13,16H,5,14-15H2,1-4H3,(H,25,30). The fourth-order valence-corrected chi connectivity index (χ4v) is 4.43. The number of nitrogens with one attached hydrogen (secondary N) is 1. The minimum absolute atomic E-state index is 0.0403. The van der Waals surface area contributed by atoms with E-state index in [0.717, 1.165) is 8.61 Å². The van der Waals surface area contributed by atoms with Crippen molar-refractivity contribution in [3.63, 3.8) is 0 Å². The second kappa shape index (κ2) is 11.7. The van der Waals surface area contributed by atoms with Crippen molar-refractivity contribution < 1.29 is 18.0 Å². The van der Waals surface area contributed by atoms with Crippen LogP contribution in [0.25, 0.3) is 0 Å². The molecule has 0 radical (unpaired) electrons. The van der Waals surface area contributed by atoms with Gasteiger partial charge in [0.2, 0.25) is 11.8 Å². The van der Waals surface area contributed by atoms with E-state index >= 15 is 0 Å². The number of halogens is 2. The van der Waals surface area contributed by atoms with Crippen molar-refractivity contribution >= 4 is 50.9 Å². The topological polar surface area (TPSA) is 90.0 Å². The van der Waals surface area contributed by atoms with Gasteiger partial charge >= 0.3 is 10.2 Å². The number of hydrogen-bond donors (Lipinski definition) is 1. The van der Waals surface area contributed by atoms with E-state index in [-0.39, 0.29) is 12.5 Å². The van der Waals surface area contributed by atoms with E-state index in [1.807, 2.05) is 0 Å². The third-order valence-corrected chi connectivity index (χ3v) is 7.48. The largest absolute Gasteiger partial charge is 0.355 e. The van der Waals surface area contributed by atoms with Crippen molar-refractivity contribution in [1.82, 2.24) is 14.5 Å². The molecule has 2 rings (SSSR count). The Bertz CT molecular complexity index is 1080. The number of rotatable bonds is 10. The van der Waals surface area contributed by atoms with E-state index in [1.165, 1.54) is 19.0 Å². The van der Waals surface area contributed by atoms with Crippen LogP contribution >= 0.6 is 23.2 Å². The van der Waals surface area contributed by atoms with Gasteiger partial charge in [-0.2, -0.15) is 12.7 Å². The summed E-state index contributed by atoms with van der Waals surface area (Å²) in [5.41, 5.74) is 0.982. The van der Waals surface area contributed by atoms with Gasteiger partial charge in [0.1, 0.15) is 12.6 Å². The Kier molecular flexibility index (Phi) is 9.54. The summed E-state index contributed by atoms with van der Waals surface area (Å²) < 4.78 is 28.1. The first-order chi connectivity index (χ1) is 15.5. The highest BCUT2D eigenvalue weighted by atomic mass is 35.5. The van der Waals surface area contributed by atoms with Crippen LogP contribution in [-0.4, -0.2) is 62.7 Å². The van der Waals surface area contributed by atoms with Crippen LogP contribution in [0.4, 0.5) is 5.69 Å². The van der Waals surface area contributed by atoms with Crippen LogP contribution in [0.5, 0.6) is 0 Å². The van der Waals surface area contributed by atoms with Crippen molar-refractivity contribution in [2.45, 2.75) is 26.4 Å². The van der Waals surface area contributed by atoms with Gasteiger partial charge in [0.05, 0.1) is 15.7 Å². The summed E-state index contributed by atoms with van der Waals surface area (Å²) in [5, 5.41) is 3.38. The zero-order chi connectivity index (χ0) is 24.8. The molecule has 180 valence electrons. The normalized spacial score (nSPS) is 12.3. The maximum Gasteiger partial charge on any atom is 0.304 e. The van der Waals surface area contributed by atoms with Crippen LogP contribution in [0.2, 0.25) is 10.0 Å². The number of likely N-dealkylation sites (N-methyl/N-ethyl adjacent to an activating group) is 1. The molecule has 0 saturated heterocycles. The van der Waals surface area contributed by atoms with Gasteiger partial charge in [-0.25, -0.2) is 4.31 Å². The highest BCUT2D eigenvalue weighted by molar-refractivity contribution is 7.90. The highest BCUT2D eigenvalue weighted by Crippen LogP contribution is 2.24. The van der Waals surface area contributed by atoms with Crippen LogP contribution in [0.15, 0.2) is 48.5 Å². The molecule has 2 aromatic rings. The van der Waals surface area contributed by atoms with Crippen molar-refractivity contribution in [1.29, 1.82) is 0 Å². The first-order valence-electron chi connectivity index (χ1n) is 10.2. The lowest BCUT2D eigenvalue weighted by molar-refractivity contribution is -0.139. The minimum Gasteiger partial charge on any atom is -0.355 e. The predicted molar refractivity (Wildman–Crippen MR) is 132 cm³/mol. The summed E-state index contributed by atoms with van der Waals surface area (Å²) >= 11 is 12.1. The highest BCUT2D eigenvalue weighted by Gasteiger charge is 2.32. The van der Waals surface area contributed by atoms with Crippen LogP contribution in [0.3, 0.4) is 0 Å². The number of amides is 2. The molecule has 0 aliphatic rings. The first kappa shape index (κ1) is 26.9. The lowest BCUT2D eigenvalue weighted by atomic mass is 10.1. The molecular formula is C22H28Cl2N4O4S. The Hall–Kier alpha value is -2.33. The lowest BCUT2D eigenvalue weighted by Gasteiger charge is -2.32. The third kappa shape index (κ3) is 6.83. The van der Waals surface area contributed by atoms with E-state index in [4.69, 9.17) is 23.2 Å². The zero-order valence-electron chi connectivity index (χ0n) is 19.0. The molecule has 0 saturated carbocycles. The molecule has 1 atom stereocenters. The maximum absolute atomic E-state index is 13.5. The molecule has 0 bridgehead atoms. The van der Waals surface area contributed by atoms with Crippen LogP contribution in [0.1, 0.15) is 19.4 Å². The Morgan fingerprint density at radius 3 is 2.21 bits per heavy atom. The molecule has 33 heavy (non-hydrogen) atoms. The molecule has 0 aliphatic heterocycles. The Balaban J connectivity index is 2.44. The SMILES string of the molecule is CCNC(=O)C(C)N(Cc1ccc(Cl)c(Cl)c1)C(=O)CN(c1ccccc1)S(=O)(=O)N(C)C. The van der Waals surface area contributed by atoms with Gasteiger partial charge in [-0.05, 0) is 43.7 Å². The molecule has 1 unspecified atom stereocenters. The average molecular weight is 515 g/mol. The molecule has 1 N–H and O–H groups in total. The lowest BCUT2D eigenvalue weighted by Crippen LogP contribution is -2.52. The molecule has 2 amide bonds. The van der Waals surface area contributed by atoms with Gasteiger partial charge in [-0.3, -0.25) is 9.59 Å². The van der Waals surface area contributed by atoms with Crippen LogP contribution < -0.4 is 9.62 Å². The second-order valence-corrected chi connectivity index (χ2v) is 10.4. The fraction of sp³-hybridized carbons (Fsp3) is 0.364. The predicted octanol–water partition coefficient (Wildman–Crippen LogP) is 3.16. The summed E-state index contributed by atoms with van der Waals surface area (Å²) in [5.74, 6) is -0.901. The molecule has 0 heterocycles. The summed E-state index contributed by atoms with van der Waals surface area (Å²) in [4.78, 5) is 27.4. The van der Waals surface area contributed by atoms with Crippen molar-refractivity contribution in [2.75, 3.05) is 31.5 Å². The number of para-hydroxylation sites is 1. The fourth-order valence-electron chi connectivity index (χ4n) is 3.05. The zero-order valence-corrected chi connectivity index (χ0v) is 21.3. The van der Waals surface area contributed by atoms with Crippen molar-refractivity contribution in [2.24, 2.45) is 0 Å². The molecule has 0 spiro atoms. The second-order valence-electron chi connectivity index (χ2n) is 7.47. The number of hydrogen-bond acceptors (Lipinski definition) is 4. The smallest absolute Gasteiger partial charge is 0.304 e. The number of carbonyl (C=O) groups excluding carboxylic acids is 2. The Morgan fingerprint density at radius 2 is 1.67 bits per heavy atom. The summed E-state index contributed by atoms with van der Waals surface area (Å²) in [7, 11) is -1.20. The van der Waals surface area contributed by atoms with Crippen LogP contribution in [-0.2, 0) is 26.3 Å². The minimum atomic E-state index is -3.98. The molecule has 0 aromatic heterocycles. The quantitative estimate of drug-likeness (QED) is 0.527. The number of carbonyl (C=O) groups is 2. The van der Waals surface area contributed by atoms with E-state index in [9.17, 15) is 18.0 Å². The van der Waals surface area contributed by atoms with Crippen LogP contribution in [0, 0.1) is 0 Å². The summed E-state index contributed by atoms with van der Waals surface area (Å²) in [6.07, 6.45) is 0. The van der Waals surface area contributed by atoms with Gasteiger partial charge in [-0.15, -0.1) is 0 Å². The third-order valence-electron chi connectivity index (χ3n) is 4.92. The monoisotopic (exact) mass is 514 g/mol. The van der Waals surface area contributed by atoms with Gasteiger partial charge in [0.15, 0.2) is 0 Å². The van der Waals surface area contributed by atoms with Crippen molar-refractivity contribution in [3.8, 4) is 0 Å². The molecule has 0 fully saturated rings. The van der Waals surface area contributed by atoms with Gasteiger partial charge < -0.3 is 10.2 Å². The number of benzene rings is 2. The van der Waals surface area contributed by atoms with Gasteiger partial charge in [0, 0.05) is 27.2 Å². The molecular weight excluding hydrogens is 487 g/mol. The summed E-state index contributed by atoms with van der Waals surface area (Å²) in [6, 6.07) is 12.4. The number of nitrogens with zero attached hydrogens (tertiary/aromatic N) is 3. The molecule has 11 heteroatoms. The number of anilines is 1. The van der Waals surface area contributed by atoms with Crippen molar-refractivity contribution in [3.05, 3.63) is 64.1 Å². The van der Waals surface area contributed by atoms with E-state index in [2.05, 4.69) is 5.32 Å². The average Bonchev–Trinajstić information content (AvgIpc) is 2.78. The molecule has 2 aromatic carbocycles. The van der Waals surface area contributed by atoms with E-state index in [0.29, 0.717) is 27.8 Å². The Morgan fingerprint density at radius 1 is 1.03 bits per heavy atom. The van der Waals surface area contributed by atoms with Gasteiger partial charge in [0.25, 0.3) is 0 Å². The maximum atomic E-state index is 13.5. The first-order valence-corrected chi connectivity index (χ1v) is 12.4. The van der Waals surface area contributed by atoms with E-state index in [1.54, 1.807) is 62.4 Å². The van der Waals surface area contributed by atoms with Gasteiger partial charge in [-0.1, -0.05) is 47.5 Å². The molecule has 8 nitrogen and oxygen atoms in total.